The molecule has 0 radical (unpaired) electrons. The van der Waals surface area contributed by atoms with Crippen LogP contribution in [0, 0.1) is 0 Å². The summed E-state index contributed by atoms with van der Waals surface area (Å²) in [5, 5.41) is 3.94. The Morgan fingerprint density at radius 3 is 2.68 bits per heavy atom. The zero-order chi connectivity index (χ0) is 13.5. The van der Waals surface area contributed by atoms with Crippen LogP contribution in [0.2, 0.25) is 5.02 Å². The van der Waals surface area contributed by atoms with Crippen molar-refractivity contribution >= 4 is 17.6 Å². The first-order valence-corrected chi connectivity index (χ1v) is 7.06. The van der Waals surface area contributed by atoms with Gasteiger partial charge >= 0.3 is 0 Å². The van der Waals surface area contributed by atoms with E-state index >= 15 is 0 Å². The first-order valence-electron chi connectivity index (χ1n) is 6.69. The van der Waals surface area contributed by atoms with Gasteiger partial charge in [-0.1, -0.05) is 24.4 Å². The number of halogens is 1. The van der Waals surface area contributed by atoms with Crippen molar-refractivity contribution in [2.24, 2.45) is 10.7 Å². The minimum absolute atomic E-state index is 0.501. The lowest BCUT2D eigenvalue weighted by atomic mass is 10.2. The molecular formula is C14H20ClN3O. The van der Waals surface area contributed by atoms with Crippen LogP contribution in [-0.4, -0.2) is 25.2 Å². The third-order valence-corrected chi connectivity index (χ3v) is 3.41. The van der Waals surface area contributed by atoms with Crippen LogP contribution in [0.1, 0.15) is 25.7 Å². The average Bonchev–Trinajstić information content (AvgIpc) is 2.89. The maximum absolute atomic E-state index is 5.82. The fourth-order valence-corrected chi connectivity index (χ4v) is 2.31. The van der Waals surface area contributed by atoms with E-state index in [9.17, 15) is 0 Å². The summed E-state index contributed by atoms with van der Waals surface area (Å²) < 4.78 is 5.53. The van der Waals surface area contributed by atoms with Gasteiger partial charge in [0.25, 0.3) is 0 Å². The number of nitrogens with two attached hydrogens (primary N) is 1. The summed E-state index contributed by atoms with van der Waals surface area (Å²) in [6.45, 7) is 1.06. The van der Waals surface area contributed by atoms with Crippen molar-refractivity contribution in [3.05, 3.63) is 29.3 Å². The molecule has 0 spiro atoms. The second kappa shape index (κ2) is 7.24. The monoisotopic (exact) mass is 281 g/mol. The minimum Gasteiger partial charge on any atom is -0.492 e. The van der Waals surface area contributed by atoms with Crippen LogP contribution in [0.4, 0.5) is 0 Å². The Morgan fingerprint density at radius 1 is 1.32 bits per heavy atom. The molecule has 0 amide bonds. The molecule has 0 aliphatic heterocycles. The molecule has 0 bridgehead atoms. The van der Waals surface area contributed by atoms with Crippen molar-refractivity contribution in [1.29, 1.82) is 0 Å². The minimum atomic E-state index is 0.501. The fraction of sp³-hybridized carbons (Fsp3) is 0.500. The van der Waals surface area contributed by atoms with Gasteiger partial charge in [0, 0.05) is 11.1 Å². The highest BCUT2D eigenvalue weighted by atomic mass is 35.5. The third kappa shape index (κ3) is 4.99. The number of guanidine groups is 1. The van der Waals surface area contributed by atoms with Crippen LogP contribution < -0.4 is 15.8 Å². The molecule has 3 N–H and O–H groups in total. The molecule has 2 rings (SSSR count). The van der Waals surface area contributed by atoms with Gasteiger partial charge in [-0.3, -0.25) is 0 Å². The third-order valence-electron chi connectivity index (χ3n) is 3.16. The van der Waals surface area contributed by atoms with Crippen LogP contribution in [0.25, 0.3) is 0 Å². The Hall–Kier alpha value is -1.42. The van der Waals surface area contributed by atoms with E-state index < -0.39 is 0 Å². The van der Waals surface area contributed by atoms with Gasteiger partial charge in [0.05, 0.1) is 6.54 Å². The first-order chi connectivity index (χ1) is 9.24. The van der Waals surface area contributed by atoms with Gasteiger partial charge < -0.3 is 15.8 Å². The lowest BCUT2D eigenvalue weighted by Gasteiger charge is -2.12. The molecule has 4 nitrogen and oxygen atoms in total. The molecular weight excluding hydrogens is 262 g/mol. The van der Waals surface area contributed by atoms with Crippen LogP contribution >= 0.6 is 11.6 Å². The molecule has 0 atom stereocenters. The summed E-state index contributed by atoms with van der Waals surface area (Å²) in [7, 11) is 0. The van der Waals surface area contributed by atoms with Gasteiger partial charge in [-0.15, -0.1) is 0 Å². The zero-order valence-electron chi connectivity index (χ0n) is 10.9. The number of nitrogens with zero attached hydrogens (tertiary/aromatic N) is 1. The van der Waals surface area contributed by atoms with Gasteiger partial charge in [-0.05, 0) is 37.1 Å². The Morgan fingerprint density at radius 2 is 2.00 bits per heavy atom. The molecule has 0 saturated heterocycles. The molecule has 104 valence electrons. The Labute approximate surface area is 119 Å². The Kier molecular flexibility index (Phi) is 5.33. The summed E-state index contributed by atoms with van der Waals surface area (Å²) in [4.78, 5) is 4.25. The molecule has 1 aromatic rings. The fourth-order valence-electron chi connectivity index (χ4n) is 2.19. The predicted molar refractivity (Wildman–Crippen MR) is 78.8 cm³/mol. The van der Waals surface area contributed by atoms with Crippen LogP contribution in [0.5, 0.6) is 5.75 Å². The highest BCUT2D eigenvalue weighted by Gasteiger charge is 2.14. The molecule has 1 saturated carbocycles. The van der Waals surface area contributed by atoms with Gasteiger partial charge in [0.1, 0.15) is 12.4 Å². The number of hydrogen-bond acceptors (Lipinski definition) is 2. The van der Waals surface area contributed by atoms with Crippen molar-refractivity contribution in [1.82, 2.24) is 5.32 Å². The Balaban J connectivity index is 1.66. The van der Waals surface area contributed by atoms with Crippen molar-refractivity contribution in [2.75, 3.05) is 13.2 Å². The highest BCUT2D eigenvalue weighted by molar-refractivity contribution is 6.30. The van der Waals surface area contributed by atoms with E-state index in [1.54, 1.807) is 12.1 Å². The smallest absolute Gasteiger partial charge is 0.188 e. The van der Waals surface area contributed by atoms with Crippen molar-refractivity contribution in [3.63, 3.8) is 0 Å². The molecule has 5 heteroatoms. The van der Waals surface area contributed by atoms with Crippen molar-refractivity contribution in [2.45, 2.75) is 31.7 Å². The lowest BCUT2D eigenvalue weighted by molar-refractivity contribution is 0.328. The number of nitrogens with one attached hydrogen (secondary N) is 1. The van der Waals surface area contributed by atoms with Gasteiger partial charge in [0.2, 0.25) is 0 Å². The van der Waals surface area contributed by atoms with E-state index in [1.165, 1.54) is 25.7 Å². The largest absolute Gasteiger partial charge is 0.492 e. The summed E-state index contributed by atoms with van der Waals surface area (Å²) >= 11 is 5.79. The SMILES string of the molecule is NC(=NCCOc1ccc(Cl)cc1)NC1CCCC1. The maximum atomic E-state index is 5.82. The predicted octanol–water partition coefficient (Wildman–Crippen LogP) is 2.57. The summed E-state index contributed by atoms with van der Waals surface area (Å²) in [5.41, 5.74) is 5.82. The van der Waals surface area contributed by atoms with Crippen molar-refractivity contribution in [3.8, 4) is 5.75 Å². The molecule has 1 fully saturated rings. The molecule has 1 aromatic carbocycles. The molecule has 0 unspecified atom stereocenters. The number of hydrogen-bond donors (Lipinski definition) is 2. The molecule has 1 aliphatic rings. The zero-order valence-corrected chi connectivity index (χ0v) is 11.7. The quantitative estimate of drug-likeness (QED) is 0.495. The van der Waals surface area contributed by atoms with E-state index in [0.29, 0.717) is 30.2 Å². The summed E-state index contributed by atoms with van der Waals surface area (Å²) in [6, 6.07) is 7.78. The standard InChI is InChI=1S/C14H20ClN3O/c15-11-5-7-13(8-6-11)19-10-9-17-14(16)18-12-3-1-2-4-12/h5-8,12H,1-4,9-10H2,(H3,16,17,18). The Bertz CT molecular complexity index is 413. The van der Waals surface area contributed by atoms with Crippen molar-refractivity contribution < 1.29 is 4.74 Å². The van der Waals surface area contributed by atoms with E-state index in [1.807, 2.05) is 12.1 Å². The van der Waals surface area contributed by atoms with E-state index in [4.69, 9.17) is 22.1 Å². The van der Waals surface area contributed by atoms with E-state index in [-0.39, 0.29) is 0 Å². The molecule has 19 heavy (non-hydrogen) atoms. The number of benzene rings is 1. The number of ether oxygens (including phenoxy) is 1. The van der Waals surface area contributed by atoms with Crippen LogP contribution in [-0.2, 0) is 0 Å². The van der Waals surface area contributed by atoms with E-state index in [0.717, 1.165) is 5.75 Å². The van der Waals surface area contributed by atoms with Crippen LogP contribution in [0.15, 0.2) is 29.3 Å². The summed E-state index contributed by atoms with van der Waals surface area (Å²) in [5.74, 6) is 1.31. The average molecular weight is 282 g/mol. The van der Waals surface area contributed by atoms with Gasteiger partial charge in [0.15, 0.2) is 5.96 Å². The van der Waals surface area contributed by atoms with Gasteiger partial charge in [-0.25, -0.2) is 4.99 Å². The second-order valence-corrected chi connectivity index (χ2v) is 5.13. The second-order valence-electron chi connectivity index (χ2n) is 4.70. The normalized spacial score (nSPS) is 16.6. The number of aliphatic imine (C=N–C) groups is 1. The topological polar surface area (TPSA) is 59.6 Å². The maximum Gasteiger partial charge on any atom is 0.188 e. The molecule has 0 heterocycles. The van der Waals surface area contributed by atoms with Crippen LogP contribution in [0.3, 0.4) is 0 Å². The lowest BCUT2D eigenvalue weighted by Crippen LogP contribution is -2.38. The number of rotatable bonds is 5. The van der Waals surface area contributed by atoms with Gasteiger partial charge in [-0.2, -0.15) is 0 Å². The molecule has 1 aliphatic carbocycles. The van der Waals surface area contributed by atoms with E-state index in [2.05, 4.69) is 10.3 Å². The molecule has 0 aromatic heterocycles. The summed E-state index contributed by atoms with van der Waals surface area (Å²) in [6.07, 6.45) is 4.95. The first kappa shape index (κ1) is 14.0. The highest BCUT2D eigenvalue weighted by Crippen LogP contribution is 2.17.